The van der Waals surface area contributed by atoms with Gasteiger partial charge in [-0.2, -0.15) is 9.78 Å². The molecule has 1 amide bonds. The van der Waals surface area contributed by atoms with Gasteiger partial charge in [0.1, 0.15) is 18.0 Å². The zero-order valence-corrected chi connectivity index (χ0v) is 16.1. The molecule has 0 saturated carbocycles. The topological polar surface area (TPSA) is 109 Å². The monoisotopic (exact) mass is 397 g/mol. The first kappa shape index (κ1) is 19.9. The summed E-state index contributed by atoms with van der Waals surface area (Å²) in [5, 5.41) is 7.36. The number of ether oxygens (including phenoxy) is 3. The number of fused-ring (bicyclic) bond motifs is 1. The third-order valence-corrected chi connectivity index (χ3v) is 4.22. The largest absolute Gasteiger partial charge is 0.497 e. The van der Waals surface area contributed by atoms with Crippen LogP contribution in [0, 0.1) is 0 Å². The summed E-state index contributed by atoms with van der Waals surface area (Å²) in [5.74, 6) is -0.306. The third-order valence-electron chi connectivity index (χ3n) is 4.22. The predicted octanol–water partition coefficient (Wildman–Crippen LogP) is 1.31. The number of carbonyl (C=O) groups is 2. The lowest BCUT2D eigenvalue weighted by atomic mass is 10.1. The molecule has 0 aliphatic rings. The van der Waals surface area contributed by atoms with E-state index in [-0.39, 0.29) is 12.2 Å². The van der Waals surface area contributed by atoms with Crippen molar-refractivity contribution in [2.45, 2.75) is 0 Å². The lowest BCUT2D eigenvalue weighted by molar-refractivity contribution is -0.139. The van der Waals surface area contributed by atoms with Crippen LogP contribution in [0.1, 0.15) is 10.5 Å². The van der Waals surface area contributed by atoms with E-state index in [1.165, 1.54) is 21.3 Å². The highest BCUT2D eigenvalue weighted by molar-refractivity contribution is 6.05. The van der Waals surface area contributed by atoms with E-state index in [9.17, 15) is 14.4 Å². The van der Waals surface area contributed by atoms with E-state index in [1.807, 2.05) is 0 Å². The van der Waals surface area contributed by atoms with E-state index < -0.39 is 17.4 Å². The van der Waals surface area contributed by atoms with E-state index in [4.69, 9.17) is 9.47 Å². The van der Waals surface area contributed by atoms with Gasteiger partial charge in [-0.1, -0.05) is 18.2 Å². The first-order valence-corrected chi connectivity index (χ1v) is 8.59. The van der Waals surface area contributed by atoms with Gasteiger partial charge in [-0.3, -0.25) is 14.4 Å². The number of nitrogens with zero attached hydrogens (tertiary/aromatic N) is 2. The number of nitrogens with one attached hydrogen (secondary N) is 1. The number of hydrogen-bond acceptors (Lipinski definition) is 7. The highest BCUT2D eigenvalue weighted by atomic mass is 16.5. The van der Waals surface area contributed by atoms with Gasteiger partial charge in [0.2, 0.25) is 0 Å². The zero-order chi connectivity index (χ0) is 21.0. The van der Waals surface area contributed by atoms with E-state index in [0.29, 0.717) is 28.0 Å². The Balaban J connectivity index is 2.19. The molecule has 3 aromatic rings. The Morgan fingerprint density at radius 3 is 2.21 bits per heavy atom. The van der Waals surface area contributed by atoms with Gasteiger partial charge < -0.3 is 19.5 Å². The summed E-state index contributed by atoms with van der Waals surface area (Å²) in [4.78, 5) is 37.1. The van der Waals surface area contributed by atoms with Crippen LogP contribution in [0.3, 0.4) is 0 Å². The van der Waals surface area contributed by atoms with Crippen LogP contribution in [0.2, 0.25) is 0 Å². The molecule has 0 atom stereocenters. The van der Waals surface area contributed by atoms with Gasteiger partial charge in [0.15, 0.2) is 5.69 Å². The van der Waals surface area contributed by atoms with Gasteiger partial charge in [0, 0.05) is 23.6 Å². The molecule has 0 aliphatic carbocycles. The van der Waals surface area contributed by atoms with Crippen molar-refractivity contribution in [3.05, 3.63) is 58.5 Å². The highest BCUT2D eigenvalue weighted by Gasteiger charge is 2.19. The van der Waals surface area contributed by atoms with Gasteiger partial charge in [0.25, 0.3) is 11.5 Å². The van der Waals surface area contributed by atoms with Crippen molar-refractivity contribution in [2.24, 2.45) is 0 Å². The van der Waals surface area contributed by atoms with Gasteiger partial charge in [-0.15, -0.1) is 0 Å². The van der Waals surface area contributed by atoms with Crippen LogP contribution >= 0.6 is 0 Å². The zero-order valence-electron chi connectivity index (χ0n) is 16.1. The van der Waals surface area contributed by atoms with Crippen molar-refractivity contribution in [3.63, 3.8) is 0 Å². The highest BCUT2D eigenvalue weighted by Crippen LogP contribution is 2.24. The lowest BCUT2D eigenvalue weighted by Gasteiger charge is -2.13. The number of aromatic nitrogens is 2. The number of hydrogen-bond donors (Lipinski definition) is 1. The maximum absolute atomic E-state index is 13.0. The molecule has 0 fully saturated rings. The van der Waals surface area contributed by atoms with Crippen molar-refractivity contribution in [1.82, 2.24) is 15.1 Å². The molecule has 29 heavy (non-hydrogen) atoms. The second-order valence-electron chi connectivity index (χ2n) is 5.94. The minimum Gasteiger partial charge on any atom is -0.497 e. The number of esters is 1. The molecule has 0 spiro atoms. The molecule has 0 radical (unpaired) electrons. The first-order valence-electron chi connectivity index (χ1n) is 8.59. The summed E-state index contributed by atoms with van der Waals surface area (Å²) in [6, 6.07) is 11.5. The Kier molecular flexibility index (Phi) is 5.77. The molecular formula is C20H19N3O6. The third kappa shape index (κ3) is 4.03. The fraction of sp³-hybridized carbons (Fsp3) is 0.200. The average molecular weight is 397 g/mol. The van der Waals surface area contributed by atoms with E-state index in [1.54, 1.807) is 42.5 Å². The van der Waals surface area contributed by atoms with Gasteiger partial charge >= 0.3 is 5.97 Å². The van der Waals surface area contributed by atoms with Gasteiger partial charge in [-0.25, -0.2) is 0 Å². The molecule has 9 nitrogen and oxygen atoms in total. The van der Waals surface area contributed by atoms with Crippen LogP contribution in [-0.2, 0) is 9.53 Å². The second kappa shape index (κ2) is 8.42. The van der Waals surface area contributed by atoms with Crippen LogP contribution in [0.4, 0.5) is 0 Å². The van der Waals surface area contributed by atoms with E-state index >= 15 is 0 Å². The Bertz CT molecular complexity index is 1120. The molecule has 1 N–H and O–H groups in total. The molecule has 1 aromatic heterocycles. The normalized spacial score (nSPS) is 10.4. The summed E-state index contributed by atoms with van der Waals surface area (Å²) in [5.41, 5.74) is -0.0646. The first-order chi connectivity index (χ1) is 14.0. The molecule has 1 heterocycles. The number of benzene rings is 2. The summed E-state index contributed by atoms with van der Waals surface area (Å²) in [7, 11) is 4.19. The number of methoxy groups -OCH3 is 3. The standard InChI is InChI=1S/C20H19N3O6/c1-27-13-8-12(9-14(10-13)28-2)23-20(26)16-7-5-4-6-15(16)18(22-23)19(25)21-11-17(24)29-3/h4-10H,11H2,1-3H3,(H,21,25). The SMILES string of the molecule is COC(=O)CNC(=O)c1nn(-c2cc(OC)cc(OC)c2)c(=O)c2ccccc12. The average Bonchev–Trinajstić information content (AvgIpc) is 2.77. The Labute approximate surface area is 165 Å². The van der Waals surface area contributed by atoms with Crippen LogP contribution in [0.15, 0.2) is 47.3 Å². The molecule has 0 aliphatic heterocycles. The van der Waals surface area contributed by atoms with Crippen LogP contribution in [0.25, 0.3) is 16.5 Å². The Morgan fingerprint density at radius 2 is 1.62 bits per heavy atom. The van der Waals surface area contributed by atoms with Crippen molar-refractivity contribution in [3.8, 4) is 17.2 Å². The summed E-state index contributed by atoms with van der Waals surface area (Å²) in [6.07, 6.45) is 0. The van der Waals surface area contributed by atoms with E-state index in [2.05, 4.69) is 15.2 Å². The second-order valence-corrected chi connectivity index (χ2v) is 5.94. The molecule has 3 rings (SSSR count). The molecular weight excluding hydrogens is 378 g/mol. The van der Waals surface area contributed by atoms with Gasteiger partial charge in [0.05, 0.1) is 32.4 Å². The minimum atomic E-state index is -0.616. The summed E-state index contributed by atoms with van der Waals surface area (Å²) < 4.78 is 16.1. The van der Waals surface area contributed by atoms with Crippen molar-refractivity contribution in [1.29, 1.82) is 0 Å². The predicted molar refractivity (Wildman–Crippen MR) is 105 cm³/mol. The number of carbonyl (C=O) groups excluding carboxylic acids is 2. The maximum Gasteiger partial charge on any atom is 0.325 e. The maximum atomic E-state index is 13.0. The van der Waals surface area contributed by atoms with Gasteiger partial charge in [-0.05, 0) is 6.07 Å². The Hall–Kier alpha value is -3.88. The number of amides is 1. The fourth-order valence-electron chi connectivity index (χ4n) is 2.76. The van der Waals surface area contributed by atoms with Crippen LogP contribution < -0.4 is 20.3 Å². The molecule has 9 heteroatoms. The summed E-state index contributed by atoms with van der Waals surface area (Å²) in [6.45, 7) is -0.322. The molecule has 0 saturated heterocycles. The van der Waals surface area contributed by atoms with Crippen molar-refractivity contribution in [2.75, 3.05) is 27.9 Å². The fourth-order valence-corrected chi connectivity index (χ4v) is 2.76. The van der Waals surface area contributed by atoms with E-state index in [0.717, 1.165) is 4.68 Å². The van der Waals surface area contributed by atoms with Crippen LogP contribution in [0.5, 0.6) is 11.5 Å². The summed E-state index contributed by atoms with van der Waals surface area (Å²) >= 11 is 0. The molecule has 2 aromatic carbocycles. The molecule has 0 unspecified atom stereocenters. The van der Waals surface area contributed by atoms with Crippen molar-refractivity contribution >= 4 is 22.6 Å². The van der Waals surface area contributed by atoms with Crippen LogP contribution in [-0.4, -0.2) is 49.5 Å². The molecule has 150 valence electrons. The number of rotatable bonds is 6. The minimum absolute atomic E-state index is 0.00844. The molecule has 0 bridgehead atoms. The quantitative estimate of drug-likeness (QED) is 0.625. The van der Waals surface area contributed by atoms with Crippen molar-refractivity contribution < 1.29 is 23.8 Å². The Morgan fingerprint density at radius 1 is 1.00 bits per heavy atom. The lowest BCUT2D eigenvalue weighted by Crippen LogP contribution is -2.33. The smallest absolute Gasteiger partial charge is 0.325 e.